The van der Waals surface area contributed by atoms with Crippen molar-refractivity contribution >= 4 is 19.0 Å². The summed E-state index contributed by atoms with van der Waals surface area (Å²) in [5, 5.41) is 3.49. The molecule has 3 N–H and O–H groups in total. The van der Waals surface area contributed by atoms with Crippen LogP contribution in [-0.2, 0) is 0 Å². The topological polar surface area (TPSA) is 72.0 Å². The molecule has 0 unspecified atom stereocenters. The molecule has 0 atom stereocenters. The summed E-state index contributed by atoms with van der Waals surface area (Å²) in [5.41, 5.74) is 2.02. The van der Waals surface area contributed by atoms with Crippen LogP contribution in [0.2, 0.25) is 0 Å². The number of rotatable bonds is 3. The van der Waals surface area contributed by atoms with Gasteiger partial charge in [0, 0.05) is 0 Å². The largest absolute Gasteiger partial charge is 0.870 e. The second-order valence-electron chi connectivity index (χ2n) is 4.51. The fourth-order valence-electron chi connectivity index (χ4n) is 2.25. The summed E-state index contributed by atoms with van der Waals surface area (Å²) < 4.78 is 0. The first-order valence-corrected chi connectivity index (χ1v) is 5.94. The molecule has 1 aliphatic carbocycles. The molecule has 1 fully saturated rings. The predicted octanol–water partition coefficient (Wildman–Crippen LogP) is 2.12. The summed E-state index contributed by atoms with van der Waals surface area (Å²) in [6.45, 7) is 1.11. The zero-order valence-electron chi connectivity index (χ0n) is 10.1. The van der Waals surface area contributed by atoms with Gasteiger partial charge in [-0.15, -0.1) is 0 Å². The molecule has 4 heteroatoms. The van der Waals surface area contributed by atoms with Gasteiger partial charge in [0.05, 0.1) is 0 Å². The summed E-state index contributed by atoms with van der Waals surface area (Å²) in [6.07, 6.45) is 7.03. The Bertz CT molecular complexity index is 297. The van der Waals surface area contributed by atoms with Crippen molar-refractivity contribution in [2.45, 2.75) is 32.1 Å². The molecule has 0 aliphatic heterocycles. The third-order valence-electron chi connectivity index (χ3n) is 3.23. The van der Waals surface area contributed by atoms with E-state index in [1.807, 2.05) is 12.1 Å². The Morgan fingerprint density at radius 3 is 2.18 bits per heavy atom. The average Bonchev–Trinajstić information content (AvgIpc) is 2.30. The van der Waals surface area contributed by atoms with Gasteiger partial charge in [-0.3, -0.25) is 0 Å². The van der Waals surface area contributed by atoms with Crippen molar-refractivity contribution in [2.24, 2.45) is 5.92 Å². The predicted molar refractivity (Wildman–Crippen MR) is 70.8 cm³/mol. The molecule has 92 valence electrons. The number of nitrogens with one attached hydrogen (secondary N) is 1. The van der Waals surface area contributed by atoms with Crippen molar-refractivity contribution in [2.75, 3.05) is 11.9 Å². The minimum atomic E-state index is 0. The van der Waals surface area contributed by atoms with Crippen molar-refractivity contribution < 1.29 is 11.0 Å². The Labute approximate surface area is 105 Å². The van der Waals surface area contributed by atoms with Crippen molar-refractivity contribution in [3.8, 4) is 0 Å². The maximum absolute atomic E-state index is 5.64. The van der Waals surface area contributed by atoms with Gasteiger partial charge in [0.2, 0.25) is 0 Å². The Morgan fingerprint density at radius 2 is 1.59 bits per heavy atom. The van der Waals surface area contributed by atoms with Crippen molar-refractivity contribution in [3.05, 3.63) is 24.3 Å². The molecule has 0 heterocycles. The van der Waals surface area contributed by atoms with Gasteiger partial charge in [-0.2, -0.15) is 0 Å². The van der Waals surface area contributed by atoms with E-state index in [4.69, 9.17) is 7.85 Å². The number of benzene rings is 1. The number of anilines is 1. The first-order chi connectivity index (χ1) is 7.34. The summed E-state index contributed by atoms with van der Waals surface area (Å²) in [4.78, 5) is 0. The van der Waals surface area contributed by atoms with E-state index in [9.17, 15) is 0 Å². The molecule has 1 aliphatic rings. The molecule has 2 rings (SSSR count). The molecule has 1 aromatic rings. The summed E-state index contributed by atoms with van der Waals surface area (Å²) in [7, 11) is 5.64. The van der Waals surface area contributed by atoms with Gasteiger partial charge < -0.3 is 11.0 Å². The first kappa shape index (κ1) is 16.0. The molecule has 0 amide bonds. The quantitative estimate of drug-likeness (QED) is 0.812. The van der Waals surface area contributed by atoms with Gasteiger partial charge in [0.1, 0.15) is 0 Å². The molecular formula is C13H20BNO2. The maximum Gasteiger partial charge on any atom is -0.870 e. The molecule has 1 saturated carbocycles. The van der Waals surface area contributed by atoms with E-state index in [-0.39, 0.29) is 11.0 Å². The fraction of sp³-hybridized carbons (Fsp3) is 0.538. The molecular weight excluding hydrogens is 213 g/mol. The van der Waals surface area contributed by atoms with Crippen LogP contribution in [-0.4, -0.2) is 25.3 Å². The monoisotopic (exact) mass is 233 g/mol. The van der Waals surface area contributed by atoms with Crippen LogP contribution in [0.3, 0.4) is 0 Å². The SMILES string of the molecule is [B+2]c1ccc(NCC2CCCCC2)cc1.[OH-].[OH-]. The van der Waals surface area contributed by atoms with Crippen LogP contribution in [0.1, 0.15) is 32.1 Å². The van der Waals surface area contributed by atoms with Crippen molar-refractivity contribution in [1.29, 1.82) is 0 Å². The van der Waals surface area contributed by atoms with E-state index >= 15 is 0 Å². The van der Waals surface area contributed by atoms with Gasteiger partial charge in [-0.05, 0) is 0 Å². The molecule has 0 radical (unpaired) electrons. The number of hydrogen-bond donors (Lipinski definition) is 1. The summed E-state index contributed by atoms with van der Waals surface area (Å²) >= 11 is 0. The van der Waals surface area contributed by atoms with E-state index < -0.39 is 0 Å². The molecule has 3 nitrogen and oxygen atoms in total. The van der Waals surface area contributed by atoms with Crippen LogP contribution in [0.25, 0.3) is 0 Å². The van der Waals surface area contributed by atoms with Crippen LogP contribution < -0.4 is 10.8 Å². The average molecular weight is 233 g/mol. The summed E-state index contributed by atoms with van der Waals surface area (Å²) in [6, 6.07) is 8.00. The second-order valence-corrected chi connectivity index (χ2v) is 4.51. The molecule has 0 saturated heterocycles. The third-order valence-corrected chi connectivity index (χ3v) is 3.23. The first-order valence-electron chi connectivity index (χ1n) is 5.94. The Morgan fingerprint density at radius 1 is 1.00 bits per heavy atom. The third kappa shape index (κ3) is 5.24. The Hall–Kier alpha value is -0.995. The maximum atomic E-state index is 5.64. The van der Waals surface area contributed by atoms with Crippen LogP contribution in [0.4, 0.5) is 5.69 Å². The minimum Gasteiger partial charge on any atom is -0.870 e. The zero-order valence-corrected chi connectivity index (χ0v) is 10.1. The van der Waals surface area contributed by atoms with E-state index in [0.717, 1.165) is 17.9 Å². The van der Waals surface area contributed by atoms with Gasteiger partial charge in [0.15, 0.2) is 0 Å². The van der Waals surface area contributed by atoms with E-state index in [1.54, 1.807) is 0 Å². The molecule has 0 aromatic heterocycles. The molecule has 17 heavy (non-hydrogen) atoms. The van der Waals surface area contributed by atoms with E-state index in [1.165, 1.54) is 37.8 Å². The summed E-state index contributed by atoms with van der Waals surface area (Å²) in [5.74, 6) is 0.872. The molecule has 1 aromatic carbocycles. The molecule has 0 bridgehead atoms. The zero-order chi connectivity index (χ0) is 10.5. The smallest absolute Gasteiger partial charge is 0.870 e. The van der Waals surface area contributed by atoms with Gasteiger partial charge in [-0.25, -0.2) is 0 Å². The van der Waals surface area contributed by atoms with Crippen molar-refractivity contribution in [3.63, 3.8) is 0 Å². The Kier molecular flexibility index (Phi) is 7.67. The van der Waals surface area contributed by atoms with E-state index in [2.05, 4.69) is 17.4 Å². The van der Waals surface area contributed by atoms with Crippen LogP contribution in [0, 0.1) is 5.92 Å². The van der Waals surface area contributed by atoms with Gasteiger partial charge in [-0.1, -0.05) is 0 Å². The van der Waals surface area contributed by atoms with Crippen LogP contribution in [0.5, 0.6) is 0 Å². The van der Waals surface area contributed by atoms with Gasteiger partial charge >= 0.3 is 93.1 Å². The van der Waals surface area contributed by atoms with Gasteiger partial charge in [0.25, 0.3) is 0 Å². The number of hydrogen-bond acceptors (Lipinski definition) is 3. The van der Waals surface area contributed by atoms with E-state index in [0.29, 0.717) is 0 Å². The van der Waals surface area contributed by atoms with Crippen LogP contribution in [0.15, 0.2) is 24.3 Å². The van der Waals surface area contributed by atoms with Crippen molar-refractivity contribution in [1.82, 2.24) is 0 Å². The molecule has 0 spiro atoms. The van der Waals surface area contributed by atoms with Crippen LogP contribution >= 0.6 is 0 Å². The normalized spacial score (nSPS) is 15.6. The minimum absolute atomic E-state index is 0. The fourth-order valence-corrected chi connectivity index (χ4v) is 2.25. The second kappa shape index (κ2) is 8.15. The standard InChI is InChI=1S/C13H18BN.2H2O/c14-12-6-8-13(9-7-12)15-10-11-4-2-1-3-5-11;;/h6-9,11,15H,1-5,10H2;2*1H2/q+2;;/p-2. The Balaban J connectivity index is 0.00000128.